The molecule has 1 aromatic rings. The van der Waals surface area contributed by atoms with E-state index in [2.05, 4.69) is 39.9 Å². The molecule has 0 radical (unpaired) electrons. The first-order valence-corrected chi connectivity index (χ1v) is 6.70. The predicted molar refractivity (Wildman–Crippen MR) is 72.2 cm³/mol. The molecule has 0 aromatic carbocycles. The molecule has 0 aliphatic heterocycles. The number of carbonyl (C=O) groups is 1. The Balaban J connectivity index is 2.36. The van der Waals surface area contributed by atoms with Gasteiger partial charge in [-0.3, -0.25) is 9.48 Å². The fraction of sp³-hybridized carbons (Fsp3) is 0.636. The first-order chi connectivity index (χ1) is 7.65. The molecule has 0 aliphatic rings. The molecule has 0 aliphatic carbocycles. The van der Waals surface area contributed by atoms with Crippen LogP contribution in [-0.2, 0) is 4.79 Å². The quantitative estimate of drug-likeness (QED) is 0.641. The van der Waals surface area contributed by atoms with Crippen LogP contribution < -0.4 is 5.32 Å². The van der Waals surface area contributed by atoms with E-state index >= 15 is 0 Å². The van der Waals surface area contributed by atoms with Crippen molar-refractivity contribution >= 4 is 28.5 Å². The smallest absolute Gasteiger partial charge is 0.244 e. The summed E-state index contributed by atoms with van der Waals surface area (Å²) in [7, 11) is 0. The maximum atomic E-state index is 11.7. The van der Waals surface area contributed by atoms with Crippen LogP contribution in [0.4, 0.5) is 0 Å². The van der Waals surface area contributed by atoms with Gasteiger partial charge in [-0.1, -0.05) is 19.8 Å². The molecule has 1 rings (SSSR count). The lowest BCUT2D eigenvalue weighted by atomic mass is 10.2. The number of aromatic nitrogens is 2. The van der Waals surface area contributed by atoms with Gasteiger partial charge in [0.25, 0.3) is 0 Å². The van der Waals surface area contributed by atoms with E-state index in [4.69, 9.17) is 0 Å². The van der Waals surface area contributed by atoms with Gasteiger partial charge in [0.1, 0.15) is 6.04 Å². The van der Waals surface area contributed by atoms with Gasteiger partial charge in [0.2, 0.25) is 5.91 Å². The van der Waals surface area contributed by atoms with E-state index in [1.807, 2.05) is 13.1 Å². The van der Waals surface area contributed by atoms with Crippen molar-refractivity contribution < 1.29 is 4.79 Å². The monoisotopic (exact) mass is 335 g/mol. The Labute approximate surface area is 110 Å². The molecule has 5 heteroatoms. The van der Waals surface area contributed by atoms with E-state index in [0.717, 1.165) is 23.0 Å². The molecule has 0 fully saturated rings. The van der Waals surface area contributed by atoms with Gasteiger partial charge in [0.15, 0.2) is 0 Å². The van der Waals surface area contributed by atoms with Crippen molar-refractivity contribution in [2.24, 2.45) is 0 Å². The number of carbonyl (C=O) groups excluding carboxylic acids is 1. The highest BCUT2D eigenvalue weighted by Crippen LogP contribution is 2.08. The lowest BCUT2D eigenvalue weighted by Crippen LogP contribution is -2.31. The van der Waals surface area contributed by atoms with Crippen molar-refractivity contribution in [2.45, 2.75) is 39.2 Å². The van der Waals surface area contributed by atoms with Gasteiger partial charge in [0.05, 0.1) is 9.77 Å². The van der Waals surface area contributed by atoms with E-state index < -0.39 is 0 Å². The minimum Gasteiger partial charge on any atom is -0.354 e. The molecule has 0 saturated heterocycles. The minimum atomic E-state index is -0.231. The summed E-state index contributed by atoms with van der Waals surface area (Å²) in [6.45, 7) is 4.77. The van der Waals surface area contributed by atoms with Crippen LogP contribution in [0.15, 0.2) is 12.4 Å². The second-order valence-electron chi connectivity index (χ2n) is 3.81. The number of nitrogens with one attached hydrogen (secondary N) is 1. The van der Waals surface area contributed by atoms with Gasteiger partial charge in [-0.15, -0.1) is 0 Å². The summed E-state index contributed by atoms with van der Waals surface area (Å²) in [6, 6.07) is -0.231. The Morgan fingerprint density at radius 1 is 1.62 bits per heavy atom. The van der Waals surface area contributed by atoms with Crippen molar-refractivity contribution in [3.63, 3.8) is 0 Å². The van der Waals surface area contributed by atoms with Gasteiger partial charge in [-0.25, -0.2) is 0 Å². The van der Waals surface area contributed by atoms with Gasteiger partial charge in [0, 0.05) is 12.7 Å². The molecule has 0 saturated carbocycles. The van der Waals surface area contributed by atoms with Gasteiger partial charge in [-0.2, -0.15) is 5.10 Å². The van der Waals surface area contributed by atoms with Crippen LogP contribution in [-0.4, -0.2) is 22.2 Å². The zero-order chi connectivity index (χ0) is 12.0. The molecular formula is C11H18IN3O. The van der Waals surface area contributed by atoms with Gasteiger partial charge in [-0.05, 0) is 35.9 Å². The molecule has 1 unspecified atom stereocenters. The fourth-order valence-electron chi connectivity index (χ4n) is 1.38. The second kappa shape index (κ2) is 6.88. The van der Waals surface area contributed by atoms with Crippen molar-refractivity contribution in [1.29, 1.82) is 0 Å². The normalized spacial score (nSPS) is 12.4. The summed E-state index contributed by atoms with van der Waals surface area (Å²) in [5.74, 6) is 0.0376. The Morgan fingerprint density at radius 3 is 2.94 bits per heavy atom. The average Bonchev–Trinajstić information content (AvgIpc) is 2.70. The number of rotatable bonds is 6. The van der Waals surface area contributed by atoms with Crippen LogP contribution in [0.25, 0.3) is 0 Å². The highest BCUT2D eigenvalue weighted by atomic mass is 127. The Hall–Kier alpha value is -0.590. The lowest BCUT2D eigenvalue weighted by Gasteiger charge is -2.12. The zero-order valence-electron chi connectivity index (χ0n) is 9.74. The molecule has 90 valence electrons. The van der Waals surface area contributed by atoms with Crippen molar-refractivity contribution in [3.05, 3.63) is 16.0 Å². The Bertz CT molecular complexity index is 338. The number of unbranched alkanes of at least 4 members (excludes halogenated alkanes) is 2. The van der Waals surface area contributed by atoms with Crippen LogP contribution >= 0.6 is 22.6 Å². The van der Waals surface area contributed by atoms with Crippen LogP contribution in [0.2, 0.25) is 0 Å². The summed E-state index contributed by atoms with van der Waals surface area (Å²) >= 11 is 2.18. The minimum absolute atomic E-state index is 0.0376. The molecule has 1 amide bonds. The second-order valence-corrected chi connectivity index (χ2v) is 5.06. The van der Waals surface area contributed by atoms with E-state index in [-0.39, 0.29) is 11.9 Å². The topological polar surface area (TPSA) is 46.9 Å². The van der Waals surface area contributed by atoms with Crippen LogP contribution in [0.5, 0.6) is 0 Å². The van der Waals surface area contributed by atoms with E-state index in [1.54, 1.807) is 10.9 Å². The number of halogens is 1. The number of hydrogen-bond acceptors (Lipinski definition) is 2. The third-order valence-electron chi connectivity index (χ3n) is 2.43. The molecular weight excluding hydrogens is 317 g/mol. The van der Waals surface area contributed by atoms with Crippen LogP contribution in [0, 0.1) is 3.57 Å². The Morgan fingerprint density at radius 2 is 2.38 bits per heavy atom. The number of amides is 1. The largest absolute Gasteiger partial charge is 0.354 e. The molecule has 16 heavy (non-hydrogen) atoms. The first kappa shape index (κ1) is 13.5. The van der Waals surface area contributed by atoms with Crippen molar-refractivity contribution in [3.8, 4) is 0 Å². The molecule has 1 N–H and O–H groups in total. The summed E-state index contributed by atoms with van der Waals surface area (Å²) in [5, 5.41) is 7.05. The molecule has 0 bridgehead atoms. The maximum absolute atomic E-state index is 11.7. The Kier molecular flexibility index (Phi) is 5.79. The predicted octanol–water partition coefficient (Wildman–Crippen LogP) is 2.36. The maximum Gasteiger partial charge on any atom is 0.244 e. The third-order valence-corrected chi connectivity index (χ3v) is 2.98. The summed E-state index contributed by atoms with van der Waals surface area (Å²) in [6.07, 6.45) is 7.00. The molecule has 0 spiro atoms. The molecule has 1 heterocycles. The van der Waals surface area contributed by atoms with Crippen LogP contribution in [0.3, 0.4) is 0 Å². The summed E-state index contributed by atoms with van der Waals surface area (Å²) < 4.78 is 2.74. The summed E-state index contributed by atoms with van der Waals surface area (Å²) in [4.78, 5) is 11.7. The summed E-state index contributed by atoms with van der Waals surface area (Å²) in [5.41, 5.74) is 0. The van der Waals surface area contributed by atoms with E-state index in [9.17, 15) is 4.79 Å². The lowest BCUT2D eigenvalue weighted by molar-refractivity contribution is -0.124. The van der Waals surface area contributed by atoms with Crippen molar-refractivity contribution in [1.82, 2.24) is 15.1 Å². The molecule has 1 atom stereocenters. The van der Waals surface area contributed by atoms with E-state index in [0.29, 0.717) is 0 Å². The SMILES string of the molecule is CCCCCNC(=O)C(C)n1cc(I)cn1. The van der Waals surface area contributed by atoms with E-state index in [1.165, 1.54) is 6.42 Å². The van der Waals surface area contributed by atoms with Gasteiger partial charge >= 0.3 is 0 Å². The zero-order valence-corrected chi connectivity index (χ0v) is 11.9. The fourth-order valence-corrected chi connectivity index (χ4v) is 1.79. The van der Waals surface area contributed by atoms with Crippen molar-refractivity contribution in [2.75, 3.05) is 6.54 Å². The number of hydrogen-bond donors (Lipinski definition) is 1. The highest BCUT2D eigenvalue weighted by Gasteiger charge is 2.14. The highest BCUT2D eigenvalue weighted by molar-refractivity contribution is 14.1. The third kappa shape index (κ3) is 4.11. The standard InChI is InChI=1S/C11H18IN3O/c1-3-4-5-6-13-11(16)9(2)15-8-10(12)7-14-15/h7-9H,3-6H2,1-2H3,(H,13,16). The average molecular weight is 335 g/mol. The van der Waals surface area contributed by atoms with Gasteiger partial charge < -0.3 is 5.32 Å². The number of nitrogens with zero attached hydrogens (tertiary/aromatic N) is 2. The molecule has 4 nitrogen and oxygen atoms in total. The first-order valence-electron chi connectivity index (χ1n) is 5.62. The molecule has 1 aromatic heterocycles. The van der Waals surface area contributed by atoms with Crippen LogP contribution in [0.1, 0.15) is 39.2 Å².